The molecule has 2 N–H and O–H groups in total. The van der Waals surface area contributed by atoms with E-state index in [9.17, 15) is 13.2 Å². The molecule has 0 radical (unpaired) electrons. The zero-order chi connectivity index (χ0) is 21.3. The second-order valence-electron chi connectivity index (χ2n) is 6.90. The number of sulfonamides is 1. The molecule has 0 aliphatic rings. The van der Waals surface area contributed by atoms with Crippen LogP contribution < -0.4 is 10.0 Å². The van der Waals surface area contributed by atoms with E-state index in [2.05, 4.69) is 15.0 Å². The molecule has 0 aliphatic carbocycles. The number of nitrogens with zero attached hydrogens (tertiary/aromatic N) is 1. The number of fused-ring (bicyclic) bond motifs is 1. The maximum Gasteiger partial charge on any atom is 0.262 e. The highest BCUT2D eigenvalue weighted by atomic mass is 32.2. The van der Waals surface area contributed by atoms with E-state index in [1.807, 2.05) is 19.1 Å². The molecule has 4 rings (SSSR count). The molecule has 0 bridgehead atoms. The average molecular weight is 438 g/mol. The van der Waals surface area contributed by atoms with E-state index in [-0.39, 0.29) is 10.8 Å². The first kappa shape index (κ1) is 20.1. The SMILES string of the molecule is Cc1ccc(S(=O)(=O)Nc2ccc3sc(NC(=O)c4ccccc4)nc3c2)c(C)c1. The van der Waals surface area contributed by atoms with Crippen molar-refractivity contribution in [1.82, 2.24) is 4.98 Å². The molecule has 0 atom stereocenters. The van der Waals surface area contributed by atoms with Gasteiger partial charge < -0.3 is 0 Å². The summed E-state index contributed by atoms with van der Waals surface area (Å²) >= 11 is 1.33. The summed E-state index contributed by atoms with van der Waals surface area (Å²) in [7, 11) is -3.72. The normalized spacial score (nSPS) is 11.4. The van der Waals surface area contributed by atoms with Gasteiger partial charge in [0.15, 0.2) is 5.13 Å². The molecule has 8 heteroatoms. The predicted octanol–water partition coefficient (Wildman–Crippen LogP) is 4.97. The predicted molar refractivity (Wildman–Crippen MR) is 121 cm³/mol. The first-order valence-electron chi connectivity index (χ1n) is 9.19. The van der Waals surface area contributed by atoms with Crippen molar-refractivity contribution >= 4 is 48.3 Å². The number of benzene rings is 3. The maximum absolute atomic E-state index is 12.8. The van der Waals surface area contributed by atoms with Gasteiger partial charge in [-0.1, -0.05) is 47.2 Å². The molecule has 0 saturated heterocycles. The number of thiazole rings is 1. The van der Waals surface area contributed by atoms with E-state index < -0.39 is 10.0 Å². The number of hydrogen-bond donors (Lipinski definition) is 2. The molecular formula is C22H19N3O3S2. The lowest BCUT2D eigenvalue weighted by Crippen LogP contribution is -2.14. The third kappa shape index (κ3) is 4.19. The fraction of sp³-hybridized carbons (Fsp3) is 0.0909. The van der Waals surface area contributed by atoms with Crippen LogP contribution in [0, 0.1) is 13.8 Å². The molecule has 0 fully saturated rings. The minimum Gasteiger partial charge on any atom is -0.298 e. The standard InChI is InChI=1S/C22H19N3O3S2/c1-14-8-11-20(15(2)12-14)30(27,28)25-17-9-10-19-18(13-17)23-22(29-19)24-21(26)16-6-4-3-5-7-16/h3-13,25H,1-2H3,(H,23,24,26). The molecule has 4 aromatic rings. The number of carbonyl (C=O) groups excluding carboxylic acids is 1. The second-order valence-corrected chi connectivity index (χ2v) is 9.58. The number of nitrogens with one attached hydrogen (secondary N) is 2. The molecule has 0 saturated carbocycles. The zero-order valence-electron chi connectivity index (χ0n) is 16.3. The fourth-order valence-electron chi connectivity index (χ4n) is 3.11. The van der Waals surface area contributed by atoms with E-state index in [4.69, 9.17) is 0 Å². The Bertz CT molecular complexity index is 1350. The maximum atomic E-state index is 12.8. The lowest BCUT2D eigenvalue weighted by Gasteiger charge is -2.11. The summed E-state index contributed by atoms with van der Waals surface area (Å²) < 4.78 is 29.0. The van der Waals surface area contributed by atoms with Crippen LogP contribution in [0.25, 0.3) is 10.2 Å². The van der Waals surface area contributed by atoms with Gasteiger partial charge in [0.25, 0.3) is 15.9 Å². The van der Waals surface area contributed by atoms with E-state index in [1.54, 1.807) is 61.5 Å². The smallest absolute Gasteiger partial charge is 0.262 e. The Kier molecular flexibility index (Phi) is 5.27. The second kappa shape index (κ2) is 7.89. The molecule has 1 heterocycles. The van der Waals surface area contributed by atoms with Gasteiger partial charge in [0.1, 0.15) is 0 Å². The van der Waals surface area contributed by atoms with Crippen molar-refractivity contribution in [3.63, 3.8) is 0 Å². The minimum atomic E-state index is -3.72. The molecule has 0 unspecified atom stereocenters. The molecule has 6 nitrogen and oxygen atoms in total. The molecule has 152 valence electrons. The van der Waals surface area contributed by atoms with Crippen LogP contribution >= 0.6 is 11.3 Å². The highest BCUT2D eigenvalue weighted by Gasteiger charge is 2.18. The van der Waals surface area contributed by atoms with E-state index in [0.717, 1.165) is 10.3 Å². The topological polar surface area (TPSA) is 88.2 Å². The lowest BCUT2D eigenvalue weighted by molar-refractivity contribution is 0.102. The quantitative estimate of drug-likeness (QED) is 0.462. The summed E-state index contributed by atoms with van der Waals surface area (Å²) in [6.45, 7) is 3.69. The van der Waals surface area contributed by atoms with Gasteiger partial charge in [0.2, 0.25) is 0 Å². The third-order valence-electron chi connectivity index (χ3n) is 4.52. The van der Waals surface area contributed by atoms with Gasteiger partial charge in [0.05, 0.1) is 20.8 Å². The van der Waals surface area contributed by atoms with Crippen LogP contribution in [0.4, 0.5) is 10.8 Å². The Morgan fingerprint density at radius 1 is 0.967 bits per heavy atom. The molecule has 1 aromatic heterocycles. The van der Waals surface area contributed by atoms with Gasteiger partial charge >= 0.3 is 0 Å². The van der Waals surface area contributed by atoms with E-state index in [0.29, 0.717) is 27.5 Å². The molecule has 1 amide bonds. The first-order chi connectivity index (χ1) is 14.3. The Morgan fingerprint density at radius 3 is 2.47 bits per heavy atom. The fourth-order valence-corrected chi connectivity index (χ4v) is 5.23. The number of hydrogen-bond acceptors (Lipinski definition) is 5. The van der Waals surface area contributed by atoms with Crippen molar-refractivity contribution in [3.8, 4) is 0 Å². The van der Waals surface area contributed by atoms with Gasteiger partial charge in [-0.3, -0.25) is 14.8 Å². The average Bonchev–Trinajstić information content (AvgIpc) is 3.09. The van der Waals surface area contributed by atoms with Crippen molar-refractivity contribution < 1.29 is 13.2 Å². The summed E-state index contributed by atoms with van der Waals surface area (Å²) in [5.41, 5.74) is 3.24. The number of amides is 1. The van der Waals surface area contributed by atoms with Gasteiger partial charge in [-0.25, -0.2) is 13.4 Å². The van der Waals surface area contributed by atoms with Crippen LogP contribution in [0.1, 0.15) is 21.5 Å². The van der Waals surface area contributed by atoms with Crippen molar-refractivity contribution in [2.45, 2.75) is 18.7 Å². The minimum absolute atomic E-state index is 0.238. The number of anilines is 2. The van der Waals surface area contributed by atoms with Gasteiger partial charge in [-0.2, -0.15) is 0 Å². The number of aromatic nitrogens is 1. The van der Waals surface area contributed by atoms with Gasteiger partial charge in [-0.15, -0.1) is 0 Å². The van der Waals surface area contributed by atoms with Crippen molar-refractivity contribution in [2.75, 3.05) is 10.0 Å². The van der Waals surface area contributed by atoms with Crippen molar-refractivity contribution in [3.05, 3.63) is 83.4 Å². The Balaban J connectivity index is 1.57. The molecule has 3 aromatic carbocycles. The molecule has 0 aliphatic heterocycles. The Labute approximate surface area is 178 Å². The Morgan fingerprint density at radius 2 is 1.73 bits per heavy atom. The summed E-state index contributed by atoms with van der Waals surface area (Å²) in [5.74, 6) is -0.245. The molecule has 30 heavy (non-hydrogen) atoms. The van der Waals surface area contributed by atoms with Gasteiger partial charge in [-0.05, 0) is 55.8 Å². The summed E-state index contributed by atoms with van der Waals surface area (Å²) in [4.78, 5) is 17.0. The summed E-state index contributed by atoms with van der Waals surface area (Å²) in [5, 5.41) is 3.24. The van der Waals surface area contributed by atoms with Crippen LogP contribution in [0.2, 0.25) is 0 Å². The van der Waals surface area contributed by atoms with Crippen LogP contribution in [-0.4, -0.2) is 19.3 Å². The van der Waals surface area contributed by atoms with Crippen LogP contribution in [0.3, 0.4) is 0 Å². The first-order valence-corrected chi connectivity index (χ1v) is 11.5. The highest BCUT2D eigenvalue weighted by molar-refractivity contribution is 7.92. The van der Waals surface area contributed by atoms with Crippen LogP contribution in [0.15, 0.2) is 71.6 Å². The number of rotatable bonds is 5. The van der Waals surface area contributed by atoms with Gasteiger partial charge in [0, 0.05) is 5.56 Å². The summed E-state index contributed by atoms with van der Waals surface area (Å²) in [6.07, 6.45) is 0. The highest BCUT2D eigenvalue weighted by Crippen LogP contribution is 2.29. The number of carbonyl (C=O) groups is 1. The zero-order valence-corrected chi connectivity index (χ0v) is 18.0. The van der Waals surface area contributed by atoms with Crippen molar-refractivity contribution in [1.29, 1.82) is 0 Å². The largest absolute Gasteiger partial charge is 0.298 e. The van der Waals surface area contributed by atoms with E-state index >= 15 is 0 Å². The van der Waals surface area contributed by atoms with Crippen molar-refractivity contribution in [2.24, 2.45) is 0 Å². The lowest BCUT2D eigenvalue weighted by atomic mass is 10.2. The monoisotopic (exact) mass is 437 g/mol. The van der Waals surface area contributed by atoms with Crippen LogP contribution in [-0.2, 0) is 10.0 Å². The molecule has 0 spiro atoms. The van der Waals surface area contributed by atoms with Crippen LogP contribution in [0.5, 0.6) is 0 Å². The molecular weight excluding hydrogens is 418 g/mol. The van der Waals surface area contributed by atoms with E-state index in [1.165, 1.54) is 11.3 Å². The third-order valence-corrected chi connectivity index (χ3v) is 7.01. The summed E-state index contributed by atoms with van der Waals surface area (Å²) in [6, 6.07) is 19.2. The number of aryl methyl sites for hydroxylation is 2. The Hall–Kier alpha value is -3.23.